The first-order valence-corrected chi connectivity index (χ1v) is 10.6. The van der Waals surface area contributed by atoms with Crippen LogP contribution in [0.25, 0.3) is 11.5 Å². The molecule has 1 atom stereocenters. The lowest BCUT2D eigenvalue weighted by Crippen LogP contribution is -2.37. The zero-order chi connectivity index (χ0) is 22.8. The molecule has 2 aromatic carbocycles. The summed E-state index contributed by atoms with van der Waals surface area (Å²) in [6.45, 7) is 8.29. The van der Waals surface area contributed by atoms with Gasteiger partial charge in [-0.25, -0.2) is 0 Å². The van der Waals surface area contributed by atoms with E-state index < -0.39 is 6.10 Å². The molecule has 0 saturated carbocycles. The van der Waals surface area contributed by atoms with Crippen molar-refractivity contribution in [2.45, 2.75) is 45.8 Å². The fraction of sp³-hybridized carbons (Fsp3) is 0.348. The zero-order valence-electron chi connectivity index (χ0n) is 18.1. The SMILES string of the molecule is C[C@H](Oc1ccc(Cl)cc1Cl)C(=O)N(C)Cc1nnc(-c2ccc(C(C)(C)C)cc2)o1. The van der Waals surface area contributed by atoms with E-state index in [-0.39, 0.29) is 17.9 Å². The Morgan fingerprint density at radius 3 is 2.42 bits per heavy atom. The lowest BCUT2D eigenvalue weighted by molar-refractivity contribution is -0.137. The average Bonchev–Trinajstić information content (AvgIpc) is 3.17. The van der Waals surface area contributed by atoms with Crippen LogP contribution in [0.2, 0.25) is 10.0 Å². The highest BCUT2D eigenvalue weighted by molar-refractivity contribution is 6.35. The minimum Gasteiger partial charge on any atom is -0.479 e. The molecule has 0 bridgehead atoms. The zero-order valence-corrected chi connectivity index (χ0v) is 19.7. The molecule has 164 valence electrons. The summed E-state index contributed by atoms with van der Waals surface area (Å²) in [6, 6.07) is 12.9. The first-order chi connectivity index (χ1) is 14.5. The van der Waals surface area contributed by atoms with Crippen molar-refractivity contribution in [2.75, 3.05) is 7.05 Å². The Bertz CT molecular complexity index is 1060. The van der Waals surface area contributed by atoms with Crippen LogP contribution in [0, 0.1) is 0 Å². The molecule has 6 nitrogen and oxygen atoms in total. The van der Waals surface area contributed by atoms with Gasteiger partial charge in [0.05, 0.1) is 11.6 Å². The first kappa shape index (κ1) is 23.1. The van der Waals surface area contributed by atoms with Crippen molar-refractivity contribution in [3.8, 4) is 17.2 Å². The molecule has 0 N–H and O–H groups in total. The molecule has 0 spiro atoms. The summed E-state index contributed by atoms with van der Waals surface area (Å²) in [7, 11) is 1.65. The Morgan fingerprint density at radius 1 is 1.13 bits per heavy atom. The summed E-state index contributed by atoms with van der Waals surface area (Å²) in [5.74, 6) is 0.885. The number of benzene rings is 2. The summed E-state index contributed by atoms with van der Waals surface area (Å²) >= 11 is 12.0. The van der Waals surface area contributed by atoms with Crippen LogP contribution in [0.5, 0.6) is 5.75 Å². The van der Waals surface area contributed by atoms with Gasteiger partial charge in [-0.2, -0.15) is 0 Å². The van der Waals surface area contributed by atoms with Gasteiger partial charge in [0, 0.05) is 17.6 Å². The Labute approximate surface area is 192 Å². The third-order valence-electron chi connectivity index (χ3n) is 4.76. The molecule has 1 aromatic heterocycles. The normalized spacial score (nSPS) is 12.5. The van der Waals surface area contributed by atoms with Gasteiger partial charge in [0.15, 0.2) is 6.10 Å². The van der Waals surface area contributed by atoms with Crippen LogP contribution < -0.4 is 4.74 Å². The molecule has 0 aliphatic carbocycles. The van der Waals surface area contributed by atoms with Crippen LogP contribution in [0.4, 0.5) is 0 Å². The van der Waals surface area contributed by atoms with Gasteiger partial charge in [-0.15, -0.1) is 10.2 Å². The van der Waals surface area contributed by atoms with Gasteiger partial charge >= 0.3 is 0 Å². The maximum Gasteiger partial charge on any atom is 0.263 e. The Morgan fingerprint density at radius 2 is 1.81 bits per heavy atom. The fourth-order valence-corrected chi connectivity index (χ4v) is 3.40. The van der Waals surface area contributed by atoms with Crippen molar-refractivity contribution in [1.82, 2.24) is 15.1 Å². The largest absolute Gasteiger partial charge is 0.479 e. The van der Waals surface area contributed by atoms with Crippen LogP contribution in [-0.2, 0) is 16.8 Å². The van der Waals surface area contributed by atoms with Crippen molar-refractivity contribution in [3.63, 3.8) is 0 Å². The van der Waals surface area contributed by atoms with E-state index >= 15 is 0 Å². The van der Waals surface area contributed by atoms with Gasteiger partial charge in [0.25, 0.3) is 5.91 Å². The van der Waals surface area contributed by atoms with E-state index in [1.54, 1.807) is 32.2 Å². The Kier molecular flexibility index (Phi) is 6.92. The van der Waals surface area contributed by atoms with Gasteiger partial charge in [-0.05, 0) is 48.2 Å². The molecule has 0 radical (unpaired) electrons. The molecule has 1 amide bonds. The number of rotatable bonds is 6. The van der Waals surface area contributed by atoms with Crippen LogP contribution in [0.15, 0.2) is 46.9 Å². The topological polar surface area (TPSA) is 68.5 Å². The lowest BCUT2D eigenvalue weighted by Gasteiger charge is -2.21. The number of nitrogens with zero attached hydrogens (tertiary/aromatic N) is 3. The summed E-state index contributed by atoms with van der Waals surface area (Å²) < 4.78 is 11.4. The van der Waals surface area contributed by atoms with Gasteiger partial charge in [-0.3, -0.25) is 4.79 Å². The maximum atomic E-state index is 12.7. The third kappa shape index (κ3) is 5.77. The number of halogens is 2. The highest BCUT2D eigenvalue weighted by Gasteiger charge is 2.22. The fourth-order valence-electron chi connectivity index (χ4n) is 2.95. The van der Waals surface area contributed by atoms with Crippen molar-refractivity contribution in [1.29, 1.82) is 0 Å². The van der Waals surface area contributed by atoms with E-state index in [1.807, 2.05) is 12.1 Å². The van der Waals surface area contributed by atoms with Crippen LogP contribution in [0.3, 0.4) is 0 Å². The number of amides is 1. The second-order valence-electron chi connectivity index (χ2n) is 8.36. The standard InChI is InChI=1S/C23H25Cl2N3O3/c1-14(30-19-11-10-17(24)12-18(19)25)22(29)28(5)13-20-26-27-21(31-20)15-6-8-16(9-7-15)23(2,3)4/h6-12,14H,13H2,1-5H3/t14-/m0/s1. The number of ether oxygens (including phenoxy) is 1. The van der Waals surface area contributed by atoms with E-state index in [1.165, 1.54) is 10.5 Å². The number of hydrogen-bond acceptors (Lipinski definition) is 5. The first-order valence-electron chi connectivity index (χ1n) is 9.84. The molecule has 31 heavy (non-hydrogen) atoms. The molecule has 0 aliphatic heterocycles. The number of likely N-dealkylation sites (N-methyl/N-ethyl adjacent to an activating group) is 1. The smallest absolute Gasteiger partial charge is 0.263 e. The van der Waals surface area contributed by atoms with E-state index in [9.17, 15) is 4.79 Å². The van der Waals surface area contributed by atoms with E-state index in [2.05, 4.69) is 43.1 Å². The highest BCUT2D eigenvalue weighted by atomic mass is 35.5. The summed E-state index contributed by atoms with van der Waals surface area (Å²) in [4.78, 5) is 14.1. The lowest BCUT2D eigenvalue weighted by atomic mass is 9.87. The molecule has 8 heteroatoms. The van der Waals surface area contributed by atoms with Gasteiger partial charge in [0.2, 0.25) is 11.8 Å². The molecular formula is C23H25Cl2N3O3. The van der Waals surface area contributed by atoms with E-state index in [0.717, 1.165) is 5.56 Å². The molecule has 3 aromatic rings. The molecule has 0 fully saturated rings. The number of carbonyl (C=O) groups excluding carboxylic acids is 1. The van der Waals surface area contributed by atoms with Crippen LogP contribution in [-0.4, -0.2) is 34.2 Å². The maximum absolute atomic E-state index is 12.7. The molecule has 1 heterocycles. The van der Waals surface area contributed by atoms with Gasteiger partial charge in [0.1, 0.15) is 5.75 Å². The minimum atomic E-state index is -0.754. The summed E-state index contributed by atoms with van der Waals surface area (Å²) in [5, 5.41) is 9.01. The minimum absolute atomic E-state index is 0.0661. The van der Waals surface area contributed by atoms with Crippen LogP contribution in [0.1, 0.15) is 39.1 Å². The molecular weight excluding hydrogens is 437 g/mol. The van der Waals surface area contributed by atoms with Crippen LogP contribution >= 0.6 is 23.2 Å². The predicted molar refractivity (Wildman–Crippen MR) is 121 cm³/mol. The average molecular weight is 462 g/mol. The number of hydrogen-bond donors (Lipinski definition) is 0. The number of carbonyl (C=O) groups is 1. The number of aromatic nitrogens is 2. The Balaban J connectivity index is 1.63. The van der Waals surface area contributed by atoms with Gasteiger partial charge < -0.3 is 14.1 Å². The van der Waals surface area contributed by atoms with Gasteiger partial charge in [-0.1, -0.05) is 56.1 Å². The third-order valence-corrected chi connectivity index (χ3v) is 5.29. The van der Waals surface area contributed by atoms with E-state index in [4.69, 9.17) is 32.4 Å². The summed E-state index contributed by atoms with van der Waals surface area (Å²) in [5.41, 5.74) is 2.11. The highest BCUT2D eigenvalue weighted by Crippen LogP contribution is 2.29. The monoisotopic (exact) mass is 461 g/mol. The quantitative estimate of drug-likeness (QED) is 0.466. The molecule has 0 saturated heterocycles. The predicted octanol–water partition coefficient (Wildman–Crippen LogP) is 5.77. The van der Waals surface area contributed by atoms with Crippen molar-refractivity contribution >= 4 is 29.1 Å². The Hall–Kier alpha value is -2.57. The van der Waals surface area contributed by atoms with Crippen molar-refractivity contribution in [2.24, 2.45) is 0 Å². The van der Waals surface area contributed by atoms with Crippen molar-refractivity contribution < 1.29 is 13.9 Å². The van der Waals surface area contributed by atoms with E-state index in [0.29, 0.717) is 27.6 Å². The summed E-state index contributed by atoms with van der Waals surface area (Å²) in [6.07, 6.45) is -0.754. The molecule has 0 unspecified atom stereocenters. The van der Waals surface area contributed by atoms with Crippen molar-refractivity contribution in [3.05, 3.63) is 64.0 Å². The second-order valence-corrected chi connectivity index (χ2v) is 9.20. The molecule has 3 rings (SSSR count). The second kappa shape index (κ2) is 9.28. The molecule has 0 aliphatic rings.